The predicted molar refractivity (Wildman–Crippen MR) is 124 cm³/mol. The van der Waals surface area contributed by atoms with Gasteiger partial charge < -0.3 is 19.7 Å². The number of methoxy groups -OCH3 is 2. The van der Waals surface area contributed by atoms with Crippen LogP contribution < -0.4 is 14.8 Å². The Labute approximate surface area is 191 Å². The molecule has 168 valence electrons. The third-order valence-electron chi connectivity index (χ3n) is 4.74. The molecule has 0 saturated carbocycles. The molecule has 0 saturated heterocycles. The van der Waals surface area contributed by atoms with E-state index in [9.17, 15) is 9.59 Å². The lowest BCUT2D eigenvalue weighted by atomic mass is 10.1. The Hall–Kier alpha value is -3.46. The molecule has 0 unspecified atom stereocenters. The van der Waals surface area contributed by atoms with Crippen LogP contribution in [0.15, 0.2) is 48.5 Å². The van der Waals surface area contributed by atoms with E-state index in [4.69, 9.17) is 9.47 Å². The molecule has 0 atom stereocenters. The van der Waals surface area contributed by atoms with Crippen molar-refractivity contribution in [1.29, 1.82) is 0 Å². The fourth-order valence-corrected chi connectivity index (χ4v) is 3.88. The number of rotatable bonds is 10. The van der Waals surface area contributed by atoms with Crippen LogP contribution >= 0.6 is 11.3 Å². The Morgan fingerprint density at radius 2 is 1.75 bits per heavy atom. The van der Waals surface area contributed by atoms with Crippen molar-refractivity contribution in [3.8, 4) is 22.1 Å². The van der Waals surface area contributed by atoms with E-state index in [0.717, 1.165) is 17.7 Å². The van der Waals surface area contributed by atoms with Crippen molar-refractivity contribution in [2.45, 2.75) is 19.8 Å². The summed E-state index contributed by atoms with van der Waals surface area (Å²) in [6.07, 6.45) is 0.933. The fraction of sp³-hybridized carbons (Fsp3) is 0.304. The van der Waals surface area contributed by atoms with E-state index in [1.54, 1.807) is 30.2 Å². The molecule has 0 spiro atoms. The second-order valence-electron chi connectivity index (χ2n) is 6.93. The number of nitrogens with one attached hydrogen (secondary N) is 1. The van der Waals surface area contributed by atoms with E-state index in [1.165, 1.54) is 18.4 Å². The van der Waals surface area contributed by atoms with Crippen LogP contribution in [0, 0.1) is 0 Å². The minimum Gasteiger partial charge on any atom is -0.497 e. The molecule has 0 bridgehead atoms. The van der Waals surface area contributed by atoms with E-state index in [-0.39, 0.29) is 18.2 Å². The summed E-state index contributed by atoms with van der Waals surface area (Å²) < 4.78 is 10.5. The number of aromatic nitrogens is 2. The van der Waals surface area contributed by atoms with E-state index in [0.29, 0.717) is 34.5 Å². The van der Waals surface area contributed by atoms with Crippen LogP contribution in [0.25, 0.3) is 10.6 Å². The average Bonchev–Trinajstić information content (AvgIpc) is 3.29. The quantitative estimate of drug-likeness (QED) is 0.496. The highest BCUT2D eigenvalue weighted by atomic mass is 32.1. The van der Waals surface area contributed by atoms with Crippen LogP contribution in [0.1, 0.15) is 30.1 Å². The molecule has 3 rings (SSSR count). The zero-order valence-corrected chi connectivity index (χ0v) is 19.1. The van der Waals surface area contributed by atoms with Crippen LogP contribution in [0.2, 0.25) is 0 Å². The lowest BCUT2D eigenvalue weighted by Crippen LogP contribution is -2.34. The maximum absolute atomic E-state index is 13.0. The topological polar surface area (TPSA) is 93.7 Å². The highest BCUT2D eigenvalue weighted by molar-refractivity contribution is 7.18. The van der Waals surface area contributed by atoms with E-state index in [2.05, 4.69) is 15.5 Å². The maximum atomic E-state index is 13.0. The molecule has 1 N–H and O–H groups in total. The molecular weight excluding hydrogens is 428 g/mol. The molecule has 2 amide bonds. The molecule has 0 aliphatic carbocycles. The molecule has 32 heavy (non-hydrogen) atoms. The summed E-state index contributed by atoms with van der Waals surface area (Å²) in [7, 11) is 3.14. The Morgan fingerprint density at radius 3 is 2.44 bits per heavy atom. The first-order valence-electron chi connectivity index (χ1n) is 10.3. The molecule has 1 heterocycles. The molecule has 0 radical (unpaired) electrons. The summed E-state index contributed by atoms with van der Waals surface area (Å²) in [5, 5.41) is 12.1. The van der Waals surface area contributed by atoms with Crippen LogP contribution in [0.5, 0.6) is 11.5 Å². The number of ether oxygens (including phenoxy) is 2. The van der Waals surface area contributed by atoms with E-state index >= 15 is 0 Å². The smallest absolute Gasteiger partial charge is 0.257 e. The van der Waals surface area contributed by atoms with Crippen molar-refractivity contribution in [1.82, 2.24) is 15.1 Å². The lowest BCUT2D eigenvalue weighted by molar-refractivity contribution is -0.116. The summed E-state index contributed by atoms with van der Waals surface area (Å²) in [4.78, 5) is 27.1. The first-order valence-corrected chi connectivity index (χ1v) is 11.1. The number of amides is 2. The Kier molecular flexibility index (Phi) is 8.15. The number of nitrogens with zero attached hydrogens (tertiary/aromatic N) is 3. The third-order valence-corrected chi connectivity index (χ3v) is 5.62. The number of anilines is 1. The minimum atomic E-state index is -0.226. The van der Waals surface area contributed by atoms with Gasteiger partial charge in [-0.1, -0.05) is 30.4 Å². The minimum absolute atomic E-state index is 0.151. The van der Waals surface area contributed by atoms with Crippen molar-refractivity contribution in [2.24, 2.45) is 0 Å². The second kappa shape index (κ2) is 11.2. The van der Waals surface area contributed by atoms with Gasteiger partial charge in [0.1, 0.15) is 16.5 Å². The van der Waals surface area contributed by atoms with Crippen LogP contribution in [-0.2, 0) is 4.79 Å². The third kappa shape index (κ3) is 5.82. The number of benzene rings is 2. The molecule has 8 nitrogen and oxygen atoms in total. The Bertz CT molecular complexity index is 1050. The molecule has 3 aromatic rings. The molecular formula is C23H26N4O4S. The van der Waals surface area contributed by atoms with Gasteiger partial charge in [0.25, 0.3) is 5.91 Å². The SMILES string of the molecule is CCCN(CCC(=O)Nc1nnc(-c2ccc(OC)cc2)s1)C(=O)c1ccccc1OC. The van der Waals surface area contributed by atoms with Crippen molar-refractivity contribution in [3.05, 3.63) is 54.1 Å². The van der Waals surface area contributed by atoms with Gasteiger partial charge in [0, 0.05) is 25.1 Å². The maximum Gasteiger partial charge on any atom is 0.257 e. The summed E-state index contributed by atoms with van der Waals surface area (Å²) in [6.45, 7) is 2.83. The highest BCUT2D eigenvalue weighted by Crippen LogP contribution is 2.28. The summed E-state index contributed by atoms with van der Waals surface area (Å²) in [5.41, 5.74) is 1.37. The monoisotopic (exact) mass is 454 g/mol. The van der Waals surface area contributed by atoms with Crippen LogP contribution in [-0.4, -0.2) is 54.2 Å². The number of hydrogen-bond acceptors (Lipinski definition) is 7. The Morgan fingerprint density at radius 1 is 1.00 bits per heavy atom. The molecule has 0 aliphatic heterocycles. The largest absolute Gasteiger partial charge is 0.497 e. The number of hydrogen-bond donors (Lipinski definition) is 1. The first-order chi connectivity index (χ1) is 15.5. The van der Waals surface area contributed by atoms with Gasteiger partial charge in [-0.2, -0.15) is 0 Å². The van der Waals surface area contributed by atoms with Gasteiger partial charge in [0.2, 0.25) is 11.0 Å². The van der Waals surface area contributed by atoms with E-state index in [1.807, 2.05) is 37.3 Å². The second-order valence-corrected chi connectivity index (χ2v) is 7.91. The first kappa shape index (κ1) is 23.2. The standard InChI is InChI=1S/C23H26N4O4S/c1-4-14-27(22(29)18-7-5-6-8-19(18)31-3)15-13-20(28)24-23-26-25-21(32-23)16-9-11-17(30-2)12-10-16/h5-12H,4,13-15H2,1-3H3,(H,24,26,28). The number of carbonyl (C=O) groups excluding carboxylic acids is 2. The summed E-state index contributed by atoms with van der Waals surface area (Å²) in [5.74, 6) is 0.889. The van der Waals surface area contributed by atoms with Gasteiger partial charge in [-0.25, -0.2) is 0 Å². The molecule has 0 fully saturated rings. The summed E-state index contributed by atoms with van der Waals surface area (Å²) >= 11 is 1.29. The van der Waals surface area contributed by atoms with Gasteiger partial charge in [-0.3, -0.25) is 9.59 Å². The van der Waals surface area contributed by atoms with Gasteiger partial charge in [0.15, 0.2) is 0 Å². The van der Waals surface area contributed by atoms with Gasteiger partial charge in [0.05, 0.1) is 19.8 Å². The fourth-order valence-electron chi connectivity index (χ4n) is 3.12. The summed E-state index contributed by atoms with van der Waals surface area (Å²) in [6, 6.07) is 14.5. The normalized spacial score (nSPS) is 10.5. The van der Waals surface area contributed by atoms with Gasteiger partial charge in [-0.15, -0.1) is 10.2 Å². The van der Waals surface area contributed by atoms with Crippen molar-refractivity contribution >= 4 is 28.3 Å². The van der Waals surface area contributed by atoms with Gasteiger partial charge >= 0.3 is 0 Å². The van der Waals surface area contributed by atoms with Gasteiger partial charge in [-0.05, 0) is 42.8 Å². The van der Waals surface area contributed by atoms with Crippen LogP contribution in [0.3, 0.4) is 0 Å². The van der Waals surface area contributed by atoms with Crippen molar-refractivity contribution < 1.29 is 19.1 Å². The predicted octanol–water partition coefficient (Wildman–Crippen LogP) is 4.10. The molecule has 0 aliphatic rings. The zero-order valence-electron chi connectivity index (χ0n) is 18.3. The Balaban J connectivity index is 1.60. The average molecular weight is 455 g/mol. The van der Waals surface area contributed by atoms with E-state index < -0.39 is 0 Å². The van der Waals surface area contributed by atoms with Crippen LogP contribution in [0.4, 0.5) is 5.13 Å². The number of carbonyl (C=O) groups is 2. The molecule has 9 heteroatoms. The van der Waals surface area contributed by atoms with Crippen molar-refractivity contribution in [3.63, 3.8) is 0 Å². The highest BCUT2D eigenvalue weighted by Gasteiger charge is 2.20. The number of para-hydroxylation sites is 1. The zero-order chi connectivity index (χ0) is 22.9. The van der Waals surface area contributed by atoms with Crippen molar-refractivity contribution in [2.75, 3.05) is 32.6 Å². The lowest BCUT2D eigenvalue weighted by Gasteiger charge is -2.22. The molecule has 2 aromatic carbocycles. The molecule has 1 aromatic heterocycles.